The molecule has 0 unspecified atom stereocenters. The summed E-state index contributed by atoms with van der Waals surface area (Å²) >= 11 is 0. The second-order valence-corrected chi connectivity index (χ2v) is 5.87. The Labute approximate surface area is 160 Å². The number of ether oxygens (including phenoxy) is 1. The largest absolute Gasteiger partial charge is 0.496 e. The van der Waals surface area contributed by atoms with Gasteiger partial charge in [0.05, 0.1) is 17.6 Å². The summed E-state index contributed by atoms with van der Waals surface area (Å²) in [6.07, 6.45) is 0. The van der Waals surface area contributed by atoms with Gasteiger partial charge in [0.1, 0.15) is 5.75 Å². The van der Waals surface area contributed by atoms with Crippen molar-refractivity contribution >= 4 is 23.1 Å². The lowest BCUT2D eigenvalue weighted by atomic mass is 10.0. The zero-order valence-electron chi connectivity index (χ0n) is 14.9. The molecule has 0 aliphatic carbocycles. The molecule has 0 fully saturated rings. The third-order valence-corrected chi connectivity index (χ3v) is 4.06. The van der Waals surface area contributed by atoms with Gasteiger partial charge in [0.25, 0.3) is 11.6 Å². The monoisotopic (exact) mass is 376 g/mol. The number of nitrogens with zero attached hydrogens (tertiary/aromatic N) is 1. The number of hydrogen-bond donors (Lipinski definition) is 1. The number of carbonyl (C=O) groups excluding carboxylic acids is 2. The van der Waals surface area contributed by atoms with Gasteiger partial charge in [-0.25, -0.2) is 0 Å². The number of non-ortho nitro benzene ring substituents is 1. The maximum atomic E-state index is 12.6. The lowest BCUT2D eigenvalue weighted by Gasteiger charge is -2.10. The molecule has 0 aromatic heterocycles. The molecule has 1 N–H and O–H groups in total. The van der Waals surface area contributed by atoms with Gasteiger partial charge in [-0.3, -0.25) is 19.7 Å². The summed E-state index contributed by atoms with van der Waals surface area (Å²) in [7, 11) is 1.37. The number of carbonyl (C=O) groups is 2. The van der Waals surface area contributed by atoms with E-state index >= 15 is 0 Å². The minimum atomic E-state index is -0.588. The van der Waals surface area contributed by atoms with Crippen LogP contribution in [0.4, 0.5) is 11.4 Å². The summed E-state index contributed by atoms with van der Waals surface area (Å²) in [5.41, 5.74) is 1.14. The molecule has 1 amide bonds. The SMILES string of the molecule is COc1ccc([N+](=O)[O-])cc1C(=O)Nc1cccc(C(=O)c2ccccc2)c1. The number of nitro groups is 1. The Balaban J connectivity index is 1.87. The third kappa shape index (κ3) is 4.04. The molecular formula is C21H16N2O5. The Kier molecular flexibility index (Phi) is 5.45. The van der Waals surface area contributed by atoms with Crippen LogP contribution in [0.3, 0.4) is 0 Å². The molecule has 140 valence electrons. The van der Waals surface area contributed by atoms with Crippen molar-refractivity contribution in [3.8, 4) is 5.75 Å². The number of nitrogens with one attached hydrogen (secondary N) is 1. The second-order valence-electron chi connectivity index (χ2n) is 5.87. The molecule has 3 aromatic rings. The predicted octanol–water partition coefficient (Wildman–Crippen LogP) is 4.09. The highest BCUT2D eigenvalue weighted by Crippen LogP contribution is 2.25. The van der Waals surface area contributed by atoms with Crippen LogP contribution in [0.5, 0.6) is 5.75 Å². The van der Waals surface area contributed by atoms with Gasteiger partial charge in [-0.2, -0.15) is 0 Å². The maximum absolute atomic E-state index is 12.6. The number of nitro benzene ring substituents is 1. The minimum Gasteiger partial charge on any atom is -0.496 e. The van der Waals surface area contributed by atoms with Crippen LogP contribution in [0.2, 0.25) is 0 Å². The van der Waals surface area contributed by atoms with E-state index < -0.39 is 10.8 Å². The number of methoxy groups -OCH3 is 1. The summed E-state index contributed by atoms with van der Waals surface area (Å²) in [6.45, 7) is 0. The molecule has 7 nitrogen and oxygen atoms in total. The molecule has 0 radical (unpaired) electrons. The second kappa shape index (κ2) is 8.13. The van der Waals surface area contributed by atoms with E-state index in [9.17, 15) is 19.7 Å². The Hall–Kier alpha value is -4.00. The van der Waals surface area contributed by atoms with Crippen LogP contribution in [0.1, 0.15) is 26.3 Å². The zero-order valence-corrected chi connectivity index (χ0v) is 14.9. The highest BCUT2D eigenvalue weighted by atomic mass is 16.6. The van der Waals surface area contributed by atoms with E-state index in [0.29, 0.717) is 16.8 Å². The fraction of sp³-hybridized carbons (Fsp3) is 0.0476. The molecule has 0 bridgehead atoms. The first-order chi connectivity index (χ1) is 13.5. The molecule has 28 heavy (non-hydrogen) atoms. The predicted molar refractivity (Wildman–Crippen MR) is 104 cm³/mol. The normalized spacial score (nSPS) is 10.2. The molecule has 0 saturated carbocycles. The summed E-state index contributed by atoms with van der Waals surface area (Å²) in [6, 6.07) is 19.0. The lowest BCUT2D eigenvalue weighted by Crippen LogP contribution is -2.14. The first-order valence-electron chi connectivity index (χ1n) is 8.33. The fourth-order valence-corrected chi connectivity index (χ4v) is 2.68. The van der Waals surface area contributed by atoms with E-state index in [0.717, 1.165) is 6.07 Å². The molecule has 3 aromatic carbocycles. The third-order valence-electron chi connectivity index (χ3n) is 4.06. The summed E-state index contributed by atoms with van der Waals surface area (Å²) < 4.78 is 5.12. The summed E-state index contributed by atoms with van der Waals surface area (Å²) in [5.74, 6) is -0.547. The van der Waals surface area contributed by atoms with Gasteiger partial charge in [0.15, 0.2) is 5.78 Å². The topological polar surface area (TPSA) is 98.5 Å². The molecule has 0 saturated heterocycles. The number of rotatable bonds is 6. The van der Waals surface area contributed by atoms with Crippen LogP contribution >= 0.6 is 0 Å². The molecule has 7 heteroatoms. The Morgan fingerprint density at radius 3 is 2.32 bits per heavy atom. The molecule has 3 rings (SSSR count). The summed E-state index contributed by atoms with van der Waals surface area (Å²) in [4.78, 5) is 35.6. The Morgan fingerprint density at radius 2 is 1.64 bits per heavy atom. The Bertz CT molecular complexity index is 1050. The first-order valence-corrected chi connectivity index (χ1v) is 8.33. The lowest BCUT2D eigenvalue weighted by molar-refractivity contribution is -0.384. The summed E-state index contributed by atoms with van der Waals surface area (Å²) in [5, 5.41) is 13.6. The Morgan fingerprint density at radius 1 is 0.929 bits per heavy atom. The number of hydrogen-bond acceptors (Lipinski definition) is 5. The van der Waals surface area contributed by atoms with Gasteiger partial charge >= 0.3 is 0 Å². The van der Waals surface area contributed by atoms with Gasteiger partial charge in [0.2, 0.25) is 0 Å². The van der Waals surface area contributed by atoms with Crippen molar-refractivity contribution in [2.45, 2.75) is 0 Å². The average molecular weight is 376 g/mol. The molecule has 0 heterocycles. The number of amides is 1. The van der Waals surface area contributed by atoms with Crippen LogP contribution in [0, 0.1) is 10.1 Å². The van der Waals surface area contributed by atoms with Crippen molar-refractivity contribution in [2.24, 2.45) is 0 Å². The van der Waals surface area contributed by atoms with Crippen LogP contribution in [0.25, 0.3) is 0 Å². The maximum Gasteiger partial charge on any atom is 0.270 e. The van der Waals surface area contributed by atoms with E-state index in [1.54, 1.807) is 48.5 Å². The average Bonchev–Trinajstić information content (AvgIpc) is 2.73. The highest BCUT2D eigenvalue weighted by Gasteiger charge is 2.18. The van der Waals surface area contributed by atoms with Crippen molar-refractivity contribution in [2.75, 3.05) is 12.4 Å². The number of anilines is 1. The van der Waals surface area contributed by atoms with Gasteiger partial charge in [0, 0.05) is 28.9 Å². The molecule has 0 atom stereocenters. The first kappa shape index (κ1) is 18.8. The zero-order chi connectivity index (χ0) is 20.1. The van der Waals surface area contributed by atoms with Gasteiger partial charge in [-0.15, -0.1) is 0 Å². The van der Waals surface area contributed by atoms with E-state index in [-0.39, 0.29) is 22.8 Å². The van der Waals surface area contributed by atoms with E-state index in [2.05, 4.69) is 5.32 Å². The van der Waals surface area contributed by atoms with Crippen molar-refractivity contribution in [3.05, 3.63) is 99.6 Å². The molecule has 0 aliphatic heterocycles. The smallest absolute Gasteiger partial charge is 0.270 e. The van der Waals surface area contributed by atoms with E-state index in [1.807, 2.05) is 6.07 Å². The van der Waals surface area contributed by atoms with Crippen molar-refractivity contribution in [1.82, 2.24) is 0 Å². The number of benzene rings is 3. The molecule has 0 aliphatic rings. The minimum absolute atomic E-state index is 0.0245. The van der Waals surface area contributed by atoms with Gasteiger partial charge in [-0.1, -0.05) is 42.5 Å². The molecule has 0 spiro atoms. The van der Waals surface area contributed by atoms with Gasteiger partial charge in [-0.05, 0) is 18.2 Å². The van der Waals surface area contributed by atoms with Crippen LogP contribution < -0.4 is 10.1 Å². The van der Waals surface area contributed by atoms with Crippen LogP contribution in [-0.4, -0.2) is 23.7 Å². The van der Waals surface area contributed by atoms with Gasteiger partial charge < -0.3 is 10.1 Å². The molecular weight excluding hydrogens is 360 g/mol. The van der Waals surface area contributed by atoms with E-state index in [4.69, 9.17) is 4.74 Å². The quantitative estimate of drug-likeness (QED) is 0.397. The highest BCUT2D eigenvalue weighted by molar-refractivity contribution is 6.11. The van der Waals surface area contributed by atoms with Crippen molar-refractivity contribution in [1.29, 1.82) is 0 Å². The van der Waals surface area contributed by atoms with Crippen LogP contribution in [0.15, 0.2) is 72.8 Å². The van der Waals surface area contributed by atoms with Crippen molar-refractivity contribution < 1.29 is 19.2 Å². The standard InChI is InChI=1S/C21H16N2O5/c1-28-19-11-10-17(23(26)27)13-18(19)21(25)22-16-9-5-8-15(12-16)20(24)14-6-3-2-4-7-14/h2-13H,1H3,(H,22,25). The van der Waals surface area contributed by atoms with E-state index in [1.165, 1.54) is 19.2 Å². The number of ketones is 1. The van der Waals surface area contributed by atoms with Crippen molar-refractivity contribution in [3.63, 3.8) is 0 Å². The fourth-order valence-electron chi connectivity index (χ4n) is 2.68. The van der Waals surface area contributed by atoms with Crippen LogP contribution in [-0.2, 0) is 0 Å².